The maximum atomic E-state index is 12.0. The summed E-state index contributed by atoms with van der Waals surface area (Å²) in [5.41, 5.74) is 0.0414. The quantitative estimate of drug-likeness (QED) is 0.208. The zero-order valence-corrected chi connectivity index (χ0v) is 13.1. The van der Waals surface area contributed by atoms with E-state index in [1.165, 1.54) is 13.8 Å². The van der Waals surface area contributed by atoms with Gasteiger partial charge in [0.25, 0.3) is 0 Å². The Bertz CT molecular complexity index is 439. The van der Waals surface area contributed by atoms with Gasteiger partial charge in [-0.25, -0.2) is 0 Å². The van der Waals surface area contributed by atoms with E-state index in [-0.39, 0.29) is 41.6 Å². The fourth-order valence-corrected chi connectivity index (χ4v) is 1.28. The summed E-state index contributed by atoms with van der Waals surface area (Å²) in [5, 5.41) is 0. The van der Waals surface area contributed by atoms with Gasteiger partial charge in [-0.1, -0.05) is 0 Å². The smallest absolute Gasteiger partial charge is 0.292 e. The van der Waals surface area contributed by atoms with Gasteiger partial charge in [0.1, 0.15) is 12.8 Å². The molecule has 0 atom stereocenters. The van der Waals surface area contributed by atoms with Crippen LogP contribution >= 0.6 is 0 Å². The van der Waals surface area contributed by atoms with Gasteiger partial charge in [-0.2, -0.15) is 26.3 Å². The summed E-state index contributed by atoms with van der Waals surface area (Å²) < 4.78 is 72.2. The first-order valence-corrected chi connectivity index (χ1v) is 6.07. The number of hydrogen-bond acceptors (Lipinski definition) is 2. The summed E-state index contributed by atoms with van der Waals surface area (Å²) in [6, 6.07) is 0. The van der Waals surface area contributed by atoms with E-state index in [9.17, 15) is 26.3 Å². The Morgan fingerprint density at radius 3 is 1.22 bits per heavy atom. The van der Waals surface area contributed by atoms with E-state index < -0.39 is 36.8 Å². The summed E-state index contributed by atoms with van der Waals surface area (Å²) in [7, 11) is 0. The molecule has 0 aromatic rings. The van der Waals surface area contributed by atoms with Crippen LogP contribution in [-0.2, 0) is 17.1 Å². The molecule has 1 radical (unpaired) electrons. The monoisotopic (exact) mass is 397 g/mol. The molecule has 23 heavy (non-hydrogen) atoms. The van der Waals surface area contributed by atoms with Crippen molar-refractivity contribution in [2.75, 3.05) is 13.1 Å². The summed E-state index contributed by atoms with van der Waals surface area (Å²) in [5.74, 6) is -3.34. The molecule has 0 bridgehead atoms. The Labute approximate surface area is 138 Å². The van der Waals surface area contributed by atoms with Crippen molar-refractivity contribution in [2.45, 2.75) is 39.0 Å². The number of ketones is 2. The summed E-state index contributed by atoms with van der Waals surface area (Å²) in [4.78, 5) is 24.9. The Balaban J connectivity index is 0. The van der Waals surface area contributed by atoms with Crippen molar-refractivity contribution in [2.24, 2.45) is 9.98 Å². The van der Waals surface area contributed by atoms with Crippen molar-refractivity contribution < 1.29 is 53.0 Å². The SMILES string of the molecule is CC(CC(=[OH+])C(F)(F)F)=NCCN=C(C)CC(=[OH+])C(F)(F)F.[Cu]. The first-order valence-electron chi connectivity index (χ1n) is 6.07. The van der Waals surface area contributed by atoms with E-state index in [0.29, 0.717) is 0 Å². The molecule has 137 valence electrons. The van der Waals surface area contributed by atoms with Crippen LogP contribution in [0.4, 0.5) is 26.3 Å². The molecule has 11 heteroatoms. The van der Waals surface area contributed by atoms with Crippen LogP contribution in [0.25, 0.3) is 0 Å². The van der Waals surface area contributed by atoms with Gasteiger partial charge in [-0.3, -0.25) is 19.6 Å². The summed E-state index contributed by atoms with van der Waals surface area (Å²) >= 11 is 0. The first-order chi connectivity index (χ1) is 9.84. The van der Waals surface area contributed by atoms with Gasteiger partial charge in [0, 0.05) is 28.5 Å². The molecule has 0 spiro atoms. The molecule has 0 aliphatic carbocycles. The second-order valence-corrected chi connectivity index (χ2v) is 4.48. The maximum Gasteiger partial charge on any atom is 0.504 e. The van der Waals surface area contributed by atoms with Crippen molar-refractivity contribution in [3.8, 4) is 0 Å². The Morgan fingerprint density at radius 1 is 0.739 bits per heavy atom. The maximum absolute atomic E-state index is 12.0. The third kappa shape index (κ3) is 11.0. The molecule has 0 amide bonds. The van der Waals surface area contributed by atoms with E-state index >= 15 is 0 Å². The molecule has 2 N–H and O–H groups in total. The van der Waals surface area contributed by atoms with Gasteiger partial charge >= 0.3 is 23.9 Å². The molecule has 0 fully saturated rings. The molecule has 0 aliphatic heterocycles. The minimum atomic E-state index is -4.81. The van der Waals surface area contributed by atoms with Crippen LogP contribution < -0.4 is 0 Å². The molecule has 0 saturated carbocycles. The van der Waals surface area contributed by atoms with Crippen molar-refractivity contribution in [3.05, 3.63) is 0 Å². The predicted octanol–water partition coefficient (Wildman–Crippen LogP) is 2.90. The molecule has 0 aromatic carbocycles. The summed E-state index contributed by atoms with van der Waals surface area (Å²) in [6.45, 7) is 2.48. The van der Waals surface area contributed by atoms with Crippen LogP contribution in [-0.4, -0.2) is 58.0 Å². The van der Waals surface area contributed by atoms with Crippen molar-refractivity contribution in [1.82, 2.24) is 0 Å². The fourth-order valence-electron chi connectivity index (χ4n) is 1.28. The van der Waals surface area contributed by atoms with Crippen LogP contribution in [0.2, 0.25) is 0 Å². The average Bonchev–Trinajstić information content (AvgIpc) is 2.32. The third-order valence-electron chi connectivity index (χ3n) is 2.36. The van der Waals surface area contributed by atoms with Crippen molar-refractivity contribution >= 4 is 23.0 Å². The van der Waals surface area contributed by atoms with Crippen LogP contribution in [0.5, 0.6) is 0 Å². The molecule has 0 aromatic heterocycles. The largest absolute Gasteiger partial charge is 0.504 e. The Kier molecular flexibility index (Phi) is 10.3. The molecule has 0 heterocycles. The fraction of sp³-hybridized carbons (Fsp3) is 0.667. The Morgan fingerprint density at radius 2 is 1.00 bits per heavy atom. The average molecular weight is 398 g/mol. The molecule has 4 nitrogen and oxygen atoms in total. The minimum Gasteiger partial charge on any atom is -0.292 e. The number of halogens is 6. The molecule has 0 unspecified atom stereocenters. The van der Waals surface area contributed by atoms with E-state index in [4.69, 9.17) is 9.59 Å². The number of rotatable bonds is 7. The van der Waals surface area contributed by atoms with Crippen LogP contribution in [0.3, 0.4) is 0 Å². The second-order valence-electron chi connectivity index (χ2n) is 4.48. The number of carbonyl (C=O) groups excluding carboxylic acids is 2. The van der Waals surface area contributed by atoms with Gasteiger partial charge in [0.05, 0.1) is 13.1 Å². The zero-order valence-electron chi connectivity index (χ0n) is 12.2. The number of aliphatic imine (C=N–C) groups is 2. The predicted molar refractivity (Wildman–Crippen MR) is 71.2 cm³/mol. The minimum absolute atomic E-state index is 0. The molecule has 0 saturated heterocycles. The van der Waals surface area contributed by atoms with E-state index in [0.717, 1.165) is 0 Å². The van der Waals surface area contributed by atoms with Crippen LogP contribution in [0, 0.1) is 0 Å². The van der Waals surface area contributed by atoms with Gasteiger partial charge in [0.15, 0.2) is 0 Å². The third-order valence-corrected chi connectivity index (χ3v) is 2.36. The van der Waals surface area contributed by atoms with Gasteiger partial charge < -0.3 is 0 Å². The number of hydrogen-bond donors (Lipinski definition) is 0. The van der Waals surface area contributed by atoms with Gasteiger partial charge in [-0.05, 0) is 13.8 Å². The molecule has 0 aliphatic rings. The van der Waals surface area contributed by atoms with Crippen molar-refractivity contribution in [1.29, 1.82) is 0 Å². The number of alkyl halides is 6. The molecule has 0 rings (SSSR count). The molecular weight excluding hydrogens is 382 g/mol. The van der Waals surface area contributed by atoms with E-state index in [1.54, 1.807) is 0 Å². The van der Waals surface area contributed by atoms with E-state index in [1.807, 2.05) is 0 Å². The van der Waals surface area contributed by atoms with Crippen LogP contribution in [0.15, 0.2) is 9.98 Å². The van der Waals surface area contributed by atoms with Gasteiger partial charge in [-0.15, -0.1) is 0 Å². The second kappa shape index (κ2) is 9.82. The van der Waals surface area contributed by atoms with Crippen molar-refractivity contribution in [3.63, 3.8) is 0 Å². The zero-order chi connectivity index (χ0) is 17.6. The molecular formula is C12H16CuF6N2O2+2. The van der Waals surface area contributed by atoms with Gasteiger partial charge in [0.2, 0.25) is 0 Å². The first kappa shape index (κ1) is 24.0. The Hall–Kier alpha value is -1.22. The topological polar surface area (TPSA) is 67.5 Å². The standard InChI is InChI=1S/C12H14F6N2O2.Cu/c1-7(5-9(21)11(13,14)15)19-3-4-20-8(2)6-10(22)12(16,17)18;/h3-6H2,1-2H3;/p+2. The van der Waals surface area contributed by atoms with Crippen LogP contribution in [0.1, 0.15) is 26.7 Å². The van der Waals surface area contributed by atoms with E-state index in [2.05, 4.69) is 9.98 Å². The normalized spacial score (nSPS) is 13.6. The number of nitrogens with zero attached hydrogens (tertiary/aromatic N) is 2. The summed E-state index contributed by atoms with van der Waals surface area (Å²) in [6.07, 6.45) is -11.1.